The van der Waals surface area contributed by atoms with Crippen LogP contribution in [0.3, 0.4) is 0 Å². The van der Waals surface area contributed by atoms with Gasteiger partial charge in [0.05, 0.1) is 5.56 Å². The van der Waals surface area contributed by atoms with Gasteiger partial charge >= 0.3 is 11.7 Å². The van der Waals surface area contributed by atoms with Gasteiger partial charge in [-0.05, 0) is 24.6 Å². The highest BCUT2D eigenvalue weighted by Crippen LogP contribution is 2.12. The van der Waals surface area contributed by atoms with Gasteiger partial charge in [-0.1, -0.05) is 13.0 Å². The lowest BCUT2D eigenvalue weighted by Gasteiger charge is -2.13. The van der Waals surface area contributed by atoms with Gasteiger partial charge in [0, 0.05) is 13.6 Å². The maximum atomic E-state index is 12.4. The number of rotatable bonds is 6. The van der Waals surface area contributed by atoms with E-state index >= 15 is 0 Å². The van der Waals surface area contributed by atoms with Crippen LogP contribution in [0.2, 0.25) is 0 Å². The highest BCUT2D eigenvalue weighted by Gasteiger charge is 2.22. The first-order valence-corrected chi connectivity index (χ1v) is 7.86. The third-order valence-electron chi connectivity index (χ3n) is 3.73. The van der Waals surface area contributed by atoms with Crippen LogP contribution in [0.15, 0.2) is 33.9 Å². The largest absolute Gasteiger partial charge is 0.508 e. The van der Waals surface area contributed by atoms with Crippen molar-refractivity contribution in [2.24, 2.45) is 7.05 Å². The van der Waals surface area contributed by atoms with E-state index in [0.29, 0.717) is 6.42 Å². The first kappa shape index (κ1) is 19.0. The number of phenols is 1. The fraction of sp³-hybridized carbons (Fsp3) is 0.294. The van der Waals surface area contributed by atoms with Gasteiger partial charge in [-0.25, -0.2) is 9.59 Å². The van der Waals surface area contributed by atoms with Crippen LogP contribution in [0.1, 0.15) is 34.1 Å². The summed E-state index contributed by atoms with van der Waals surface area (Å²) in [6, 6.07) is 5.41. The molecule has 2 rings (SSSR count). The molecule has 9 nitrogen and oxygen atoms in total. The van der Waals surface area contributed by atoms with Crippen molar-refractivity contribution in [2.45, 2.75) is 19.9 Å². The van der Waals surface area contributed by atoms with Gasteiger partial charge in [-0.15, -0.1) is 0 Å². The minimum Gasteiger partial charge on any atom is -0.508 e. The first-order chi connectivity index (χ1) is 12.3. The zero-order valence-electron chi connectivity index (χ0n) is 14.4. The first-order valence-electron chi connectivity index (χ1n) is 7.86. The van der Waals surface area contributed by atoms with Gasteiger partial charge in [-0.3, -0.25) is 18.7 Å². The number of nitrogen functional groups attached to an aromatic ring is 1. The Kier molecular flexibility index (Phi) is 5.61. The number of benzene rings is 1. The number of anilines is 1. The Balaban J connectivity index is 2.29. The van der Waals surface area contributed by atoms with E-state index < -0.39 is 35.2 Å². The summed E-state index contributed by atoms with van der Waals surface area (Å²) >= 11 is 0. The number of ether oxygens (including phenoxy) is 1. The number of esters is 1. The molecule has 0 spiro atoms. The predicted octanol–water partition coefficient (Wildman–Crippen LogP) is 0.284. The number of nitrogens with zero attached hydrogens (tertiary/aromatic N) is 2. The number of hydrogen-bond acceptors (Lipinski definition) is 7. The number of ketones is 1. The molecule has 9 heteroatoms. The lowest BCUT2D eigenvalue weighted by atomic mass is 10.2. The lowest BCUT2D eigenvalue weighted by molar-refractivity contribution is 0.0474. The summed E-state index contributed by atoms with van der Waals surface area (Å²) in [5, 5.41) is 9.36. The minimum absolute atomic E-state index is 0.0506. The fourth-order valence-corrected chi connectivity index (χ4v) is 2.40. The minimum atomic E-state index is -0.849. The average molecular weight is 361 g/mol. The van der Waals surface area contributed by atoms with E-state index in [0.717, 1.165) is 9.13 Å². The molecule has 0 aliphatic carbocycles. The molecule has 26 heavy (non-hydrogen) atoms. The number of Topliss-reactive ketones (excluding diaryl/α,β-unsaturated/α-hetero) is 1. The third-order valence-corrected chi connectivity index (χ3v) is 3.73. The van der Waals surface area contributed by atoms with Crippen molar-refractivity contribution in [3.63, 3.8) is 0 Å². The summed E-state index contributed by atoms with van der Waals surface area (Å²) in [5.41, 5.74) is 4.01. The Hall–Kier alpha value is -3.36. The van der Waals surface area contributed by atoms with Crippen molar-refractivity contribution in [3.8, 4) is 5.75 Å². The molecule has 0 aliphatic rings. The number of hydrogen-bond donors (Lipinski definition) is 2. The summed E-state index contributed by atoms with van der Waals surface area (Å²) in [7, 11) is 1.24. The molecule has 1 heterocycles. The zero-order chi connectivity index (χ0) is 19.4. The number of aromatic hydroxyl groups is 1. The molecule has 138 valence electrons. The molecular weight excluding hydrogens is 342 g/mol. The van der Waals surface area contributed by atoms with Gasteiger partial charge in [0.25, 0.3) is 5.56 Å². The van der Waals surface area contributed by atoms with Crippen molar-refractivity contribution in [1.82, 2.24) is 9.13 Å². The standard InChI is InChI=1S/C17H19N3O6/c1-3-7-20-14(18)13(15(23)19(2)17(20)25)12(22)9-26-16(24)10-5-4-6-11(21)8-10/h4-6,8,21H,3,7,9,18H2,1-2H3. The smallest absolute Gasteiger partial charge is 0.338 e. The quantitative estimate of drug-likeness (QED) is 0.558. The summed E-state index contributed by atoms with van der Waals surface area (Å²) < 4.78 is 6.81. The molecule has 0 aliphatic heterocycles. The van der Waals surface area contributed by atoms with Crippen LogP contribution in [0.4, 0.5) is 5.82 Å². The number of phenolic OH excluding ortho intramolecular Hbond substituents is 1. The molecule has 3 N–H and O–H groups in total. The Morgan fingerprint density at radius 2 is 1.96 bits per heavy atom. The van der Waals surface area contributed by atoms with Gasteiger partial charge in [0.2, 0.25) is 5.78 Å². The van der Waals surface area contributed by atoms with E-state index in [1.54, 1.807) is 0 Å². The van der Waals surface area contributed by atoms with Crippen LogP contribution < -0.4 is 17.0 Å². The van der Waals surface area contributed by atoms with E-state index in [4.69, 9.17) is 10.5 Å². The summed E-state index contributed by atoms with van der Waals surface area (Å²) in [6.45, 7) is 1.33. The topological polar surface area (TPSA) is 134 Å². The highest BCUT2D eigenvalue weighted by atomic mass is 16.5. The van der Waals surface area contributed by atoms with Crippen LogP contribution in [0.5, 0.6) is 5.75 Å². The molecule has 2 aromatic rings. The van der Waals surface area contributed by atoms with Crippen LogP contribution >= 0.6 is 0 Å². The van der Waals surface area contributed by atoms with Crippen LogP contribution in [0, 0.1) is 0 Å². The highest BCUT2D eigenvalue weighted by molar-refractivity contribution is 6.02. The second-order valence-electron chi connectivity index (χ2n) is 5.61. The Morgan fingerprint density at radius 1 is 1.27 bits per heavy atom. The maximum absolute atomic E-state index is 12.4. The average Bonchev–Trinajstić information content (AvgIpc) is 2.61. The molecule has 0 saturated carbocycles. The van der Waals surface area contributed by atoms with E-state index in [1.165, 1.54) is 31.3 Å². The molecule has 0 radical (unpaired) electrons. The van der Waals surface area contributed by atoms with Crippen molar-refractivity contribution in [2.75, 3.05) is 12.3 Å². The third kappa shape index (κ3) is 3.66. The molecule has 0 unspecified atom stereocenters. The van der Waals surface area contributed by atoms with E-state index in [-0.39, 0.29) is 23.7 Å². The van der Waals surface area contributed by atoms with Crippen molar-refractivity contribution in [3.05, 3.63) is 56.2 Å². The second kappa shape index (κ2) is 7.68. The van der Waals surface area contributed by atoms with Gasteiger partial charge in [0.15, 0.2) is 6.61 Å². The molecule has 0 bridgehead atoms. The fourth-order valence-electron chi connectivity index (χ4n) is 2.40. The maximum Gasteiger partial charge on any atom is 0.338 e. The molecule has 1 aromatic heterocycles. The number of carbonyl (C=O) groups is 2. The Morgan fingerprint density at radius 3 is 2.58 bits per heavy atom. The predicted molar refractivity (Wildman–Crippen MR) is 93.4 cm³/mol. The molecule has 0 fully saturated rings. The molecular formula is C17H19N3O6. The Bertz CT molecular complexity index is 973. The number of carbonyl (C=O) groups excluding carboxylic acids is 2. The van der Waals surface area contributed by atoms with E-state index in [2.05, 4.69) is 0 Å². The number of aromatic nitrogens is 2. The van der Waals surface area contributed by atoms with Gasteiger partial charge in [0.1, 0.15) is 17.1 Å². The van der Waals surface area contributed by atoms with Crippen molar-refractivity contribution < 1.29 is 19.4 Å². The van der Waals surface area contributed by atoms with Crippen LogP contribution in [-0.4, -0.2) is 32.6 Å². The zero-order valence-corrected chi connectivity index (χ0v) is 14.4. The Labute approximate surface area is 148 Å². The molecule has 0 atom stereocenters. The van der Waals surface area contributed by atoms with Crippen molar-refractivity contribution in [1.29, 1.82) is 0 Å². The lowest BCUT2D eigenvalue weighted by Crippen LogP contribution is -2.43. The normalized spacial score (nSPS) is 10.5. The SMILES string of the molecule is CCCn1c(N)c(C(=O)COC(=O)c2cccc(O)c2)c(=O)n(C)c1=O. The second-order valence-corrected chi connectivity index (χ2v) is 5.61. The van der Waals surface area contributed by atoms with E-state index in [1.807, 2.05) is 6.92 Å². The van der Waals surface area contributed by atoms with E-state index in [9.17, 15) is 24.3 Å². The molecule has 0 saturated heterocycles. The molecule has 0 amide bonds. The summed E-state index contributed by atoms with van der Waals surface area (Å²) in [5.74, 6) is -2.04. The van der Waals surface area contributed by atoms with Crippen LogP contribution in [0.25, 0.3) is 0 Å². The van der Waals surface area contributed by atoms with Crippen molar-refractivity contribution >= 4 is 17.6 Å². The van der Waals surface area contributed by atoms with Gasteiger partial charge < -0.3 is 15.6 Å². The number of nitrogens with two attached hydrogens (primary N) is 1. The molecule has 1 aromatic carbocycles. The van der Waals surface area contributed by atoms with Gasteiger partial charge in [-0.2, -0.15) is 0 Å². The van der Waals surface area contributed by atoms with Crippen LogP contribution in [-0.2, 0) is 18.3 Å². The monoisotopic (exact) mass is 361 g/mol. The summed E-state index contributed by atoms with van der Waals surface area (Å²) in [4.78, 5) is 48.6. The summed E-state index contributed by atoms with van der Waals surface area (Å²) in [6.07, 6.45) is 0.572.